The highest BCUT2D eigenvalue weighted by molar-refractivity contribution is 7.86. The van der Waals surface area contributed by atoms with Crippen LogP contribution in [-0.2, 0) is 23.9 Å². The summed E-state index contributed by atoms with van der Waals surface area (Å²) in [6.07, 6.45) is 0.212. The van der Waals surface area contributed by atoms with Crippen molar-refractivity contribution >= 4 is 21.9 Å². The van der Waals surface area contributed by atoms with Gasteiger partial charge < -0.3 is 16.0 Å². The predicted molar refractivity (Wildman–Crippen MR) is 103 cm³/mol. The summed E-state index contributed by atoms with van der Waals surface area (Å²) >= 11 is 0. The first-order valence-corrected chi connectivity index (χ1v) is 10.9. The minimum Gasteiger partial charge on any atom is -0.367 e. The summed E-state index contributed by atoms with van der Waals surface area (Å²) in [5, 5.41) is 12.2. The summed E-state index contributed by atoms with van der Waals surface area (Å²) in [4.78, 5) is 26.1. The molecule has 2 aliphatic rings. The summed E-state index contributed by atoms with van der Waals surface area (Å²) in [5.74, 6) is -1.71. The lowest BCUT2D eigenvalue weighted by molar-refractivity contribution is -0.133. The number of nitrogens with zero attached hydrogens (tertiary/aromatic N) is 2. The highest BCUT2D eigenvalue weighted by atomic mass is 32.2. The van der Waals surface area contributed by atoms with Gasteiger partial charge in [0.25, 0.3) is 10.1 Å². The molecule has 2 saturated heterocycles. The van der Waals surface area contributed by atoms with Crippen molar-refractivity contribution in [2.24, 2.45) is 11.7 Å². The number of carbonyl (C=O) groups excluding carboxylic acids is 2. The van der Waals surface area contributed by atoms with Gasteiger partial charge in [0, 0.05) is 19.0 Å². The van der Waals surface area contributed by atoms with Gasteiger partial charge in [-0.25, -0.2) is 0 Å². The second kappa shape index (κ2) is 8.49. The Morgan fingerprint density at radius 3 is 2.66 bits per heavy atom. The van der Waals surface area contributed by atoms with Crippen LogP contribution in [0.1, 0.15) is 24.8 Å². The van der Waals surface area contributed by atoms with Gasteiger partial charge in [0.05, 0.1) is 17.0 Å². The Kier molecular flexibility index (Phi) is 6.21. The number of nitrogens with one attached hydrogen (secondary N) is 1. The minimum atomic E-state index is -4.19. The number of nitriles is 1. The van der Waals surface area contributed by atoms with E-state index in [1.54, 1.807) is 12.1 Å². The molecule has 2 heterocycles. The molecule has 1 unspecified atom stereocenters. The Balaban J connectivity index is 1.70. The highest BCUT2D eigenvalue weighted by Gasteiger charge is 2.42. The van der Waals surface area contributed by atoms with Crippen LogP contribution in [0.5, 0.6) is 0 Å². The van der Waals surface area contributed by atoms with E-state index in [0.29, 0.717) is 13.0 Å². The van der Waals surface area contributed by atoms with Gasteiger partial charge in [-0.05, 0) is 38.3 Å². The first-order valence-electron chi connectivity index (χ1n) is 9.45. The average molecular weight is 420 g/mol. The molecule has 0 aromatic heterocycles. The van der Waals surface area contributed by atoms with E-state index >= 15 is 0 Å². The van der Waals surface area contributed by atoms with Crippen LogP contribution in [0.25, 0.3) is 0 Å². The van der Waals surface area contributed by atoms with Crippen molar-refractivity contribution in [3.8, 4) is 6.07 Å². The Morgan fingerprint density at radius 2 is 2.03 bits per heavy atom. The maximum Gasteiger partial charge on any atom is 0.297 e. The maximum absolute atomic E-state index is 12.7. The fourth-order valence-electron chi connectivity index (χ4n) is 3.80. The number of primary amides is 1. The third kappa shape index (κ3) is 4.58. The number of hydrogen-bond donors (Lipinski definition) is 2. The fraction of sp³-hybridized carbons (Fsp3) is 0.526. The fourth-order valence-corrected chi connectivity index (χ4v) is 4.91. The van der Waals surface area contributed by atoms with Crippen LogP contribution in [-0.4, -0.2) is 56.4 Å². The number of rotatable bonds is 6. The largest absolute Gasteiger partial charge is 0.367 e. The number of amides is 2. The standard InChI is InChI=1S/C19H24N4O5S/c1-12-4-6-15(7-5-12)29(26,27)28-17(18(21)24)13-9-16(22-11-13)19(25)23-8-2-3-14(23)10-20/h4-7,13-14,16-17,22H,2-3,8-9,11H2,1H3,(H2,21,24)/t13-,14+,16+,17?/m1/s1. The van der Waals surface area contributed by atoms with Gasteiger partial charge in [0.15, 0.2) is 6.10 Å². The third-order valence-corrected chi connectivity index (χ3v) is 6.71. The van der Waals surface area contributed by atoms with Crippen LogP contribution < -0.4 is 11.1 Å². The SMILES string of the molecule is Cc1ccc(S(=O)(=O)OC(C(N)=O)[C@H]2CN[C@H](C(=O)N3CCC[C@H]3C#N)C2)cc1. The Morgan fingerprint density at radius 1 is 1.34 bits per heavy atom. The molecule has 29 heavy (non-hydrogen) atoms. The van der Waals surface area contributed by atoms with Gasteiger partial charge in [-0.1, -0.05) is 17.7 Å². The number of likely N-dealkylation sites (tertiary alicyclic amines) is 1. The smallest absolute Gasteiger partial charge is 0.297 e. The van der Waals surface area contributed by atoms with E-state index in [9.17, 15) is 23.3 Å². The van der Waals surface area contributed by atoms with Crippen molar-refractivity contribution in [3.63, 3.8) is 0 Å². The Hall–Kier alpha value is -2.48. The summed E-state index contributed by atoms with van der Waals surface area (Å²) in [6, 6.07) is 7.12. The molecule has 1 aromatic rings. The zero-order chi connectivity index (χ0) is 21.2. The molecule has 0 aliphatic carbocycles. The predicted octanol–water partition coefficient (Wildman–Crippen LogP) is 0.0469. The van der Waals surface area contributed by atoms with Crippen molar-refractivity contribution < 1.29 is 22.2 Å². The lowest BCUT2D eigenvalue weighted by Gasteiger charge is -2.24. The lowest BCUT2D eigenvalue weighted by atomic mass is 9.98. The molecular weight excluding hydrogens is 396 g/mol. The molecule has 2 fully saturated rings. The van der Waals surface area contributed by atoms with Crippen molar-refractivity contribution in [2.45, 2.75) is 49.3 Å². The summed E-state index contributed by atoms with van der Waals surface area (Å²) in [7, 11) is -4.19. The molecular formula is C19H24N4O5S. The van der Waals surface area contributed by atoms with Gasteiger partial charge in [-0.2, -0.15) is 13.7 Å². The van der Waals surface area contributed by atoms with Gasteiger partial charge in [0.1, 0.15) is 6.04 Å². The van der Waals surface area contributed by atoms with Crippen molar-refractivity contribution in [3.05, 3.63) is 29.8 Å². The second-order valence-electron chi connectivity index (χ2n) is 7.46. The van der Waals surface area contributed by atoms with E-state index < -0.39 is 40.1 Å². The van der Waals surface area contributed by atoms with Gasteiger partial charge in [-0.3, -0.25) is 13.8 Å². The summed E-state index contributed by atoms with van der Waals surface area (Å²) in [5.41, 5.74) is 6.30. The van der Waals surface area contributed by atoms with E-state index in [2.05, 4.69) is 11.4 Å². The van der Waals surface area contributed by atoms with Crippen molar-refractivity contribution in [1.29, 1.82) is 5.26 Å². The van der Waals surface area contributed by atoms with Gasteiger partial charge in [-0.15, -0.1) is 0 Å². The topological polar surface area (TPSA) is 143 Å². The van der Waals surface area contributed by atoms with E-state index in [4.69, 9.17) is 9.92 Å². The molecule has 156 valence electrons. The lowest BCUT2D eigenvalue weighted by Crippen LogP contribution is -2.45. The molecule has 9 nitrogen and oxygen atoms in total. The monoisotopic (exact) mass is 420 g/mol. The molecule has 0 spiro atoms. The van der Waals surface area contributed by atoms with E-state index in [0.717, 1.165) is 12.0 Å². The first kappa shape index (κ1) is 21.2. The van der Waals surface area contributed by atoms with Crippen LogP contribution in [0, 0.1) is 24.2 Å². The van der Waals surface area contributed by atoms with Crippen LogP contribution >= 0.6 is 0 Å². The van der Waals surface area contributed by atoms with E-state index in [1.807, 2.05) is 6.92 Å². The second-order valence-corrected chi connectivity index (χ2v) is 9.03. The van der Waals surface area contributed by atoms with Crippen molar-refractivity contribution in [2.75, 3.05) is 13.1 Å². The number of carbonyl (C=O) groups is 2. The highest BCUT2D eigenvalue weighted by Crippen LogP contribution is 2.27. The number of nitrogens with two attached hydrogens (primary N) is 1. The van der Waals surface area contributed by atoms with Crippen LogP contribution in [0.4, 0.5) is 0 Å². The normalized spacial score (nSPS) is 25.5. The van der Waals surface area contributed by atoms with E-state index in [-0.39, 0.29) is 23.8 Å². The maximum atomic E-state index is 12.7. The number of hydrogen-bond acceptors (Lipinski definition) is 7. The molecule has 0 radical (unpaired) electrons. The molecule has 2 amide bonds. The summed E-state index contributed by atoms with van der Waals surface area (Å²) in [6.45, 7) is 2.54. The van der Waals surface area contributed by atoms with Crippen LogP contribution in [0.2, 0.25) is 0 Å². The molecule has 10 heteroatoms. The Bertz CT molecular complexity index is 925. The zero-order valence-corrected chi connectivity index (χ0v) is 16.9. The number of benzene rings is 1. The molecule has 3 N–H and O–H groups in total. The first-order chi connectivity index (χ1) is 13.7. The Labute approximate surface area is 169 Å². The molecule has 0 saturated carbocycles. The molecule has 3 rings (SSSR count). The molecule has 4 atom stereocenters. The minimum absolute atomic E-state index is 0.0677. The molecule has 1 aromatic carbocycles. The van der Waals surface area contributed by atoms with Crippen molar-refractivity contribution in [1.82, 2.24) is 10.2 Å². The van der Waals surface area contributed by atoms with Crippen LogP contribution in [0.3, 0.4) is 0 Å². The zero-order valence-electron chi connectivity index (χ0n) is 16.1. The van der Waals surface area contributed by atoms with Crippen LogP contribution in [0.15, 0.2) is 29.2 Å². The average Bonchev–Trinajstić information content (AvgIpc) is 3.35. The third-order valence-electron chi connectivity index (χ3n) is 5.40. The van der Waals surface area contributed by atoms with Gasteiger partial charge >= 0.3 is 0 Å². The summed E-state index contributed by atoms with van der Waals surface area (Å²) < 4.78 is 30.3. The van der Waals surface area contributed by atoms with E-state index in [1.165, 1.54) is 17.0 Å². The van der Waals surface area contributed by atoms with Gasteiger partial charge in [0.2, 0.25) is 11.8 Å². The molecule has 2 aliphatic heterocycles. The molecule has 0 bridgehead atoms. The quantitative estimate of drug-likeness (QED) is 0.619. The number of aryl methyl sites for hydroxylation is 1.